The Kier molecular flexibility index (Phi) is 4.36. The summed E-state index contributed by atoms with van der Waals surface area (Å²) >= 11 is 0. The zero-order chi connectivity index (χ0) is 12.3. The molecule has 0 unspecified atom stereocenters. The van der Waals surface area contributed by atoms with Crippen LogP contribution in [0.15, 0.2) is 0 Å². The van der Waals surface area contributed by atoms with Crippen LogP contribution in [0.4, 0.5) is 0 Å². The quantitative estimate of drug-likeness (QED) is 0.785. The van der Waals surface area contributed by atoms with Crippen molar-refractivity contribution in [2.45, 2.75) is 65.0 Å². The Balaban J connectivity index is 2.92. The van der Waals surface area contributed by atoms with Crippen LogP contribution in [-0.4, -0.2) is 34.1 Å². The van der Waals surface area contributed by atoms with E-state index in [9.17, 15) is 9.90 Å². The van der Waals surface area contributed by atoms with Crippen LogP contribution in [0.3, 0.4) is 0 Å². The smallest absolute Gasteiger partial charge is 0.324 e. The summed E-state index contributed by atoms with van der Waals surface area (Å²) in [6.45, 7) is 9.39. The van der Waals surface area contributed by atoms with Gasteiger partial charge in [0.15, 0.2) is 0 Å². The normalized spacial score (nSPS) is 19.9. The molecule has 0 radical (unpaired) electrons. The molecule has 1 aliphatic rings. The zero-order valence-electron chi connectivity index (χ0n) is 11.0. The van der Waals surface area contributed by atoms with Crippen molar-refractivity contribution in [3.63, 3.8) is 0 Å². The molecule has 3 nitrogen and oxygen atoms in total. The maximum Gasteiger partial charge on any atom is 0.324 e. The Morgan fingerprint density at radius 1 is 1.25 bits per heavy atom. The van der Waals surface area contributed by atoms with Gasteiger partial charge in [0.2, 0.25) is 0 Å². The average molecular weight is 227 g/mol. The van der Waals surface area contributed by atoms with Crippen molar-refractivity contribution in [3.8, 4) is 0 Å². The summed E-state index contributed by atoms with van der Waals surface area (Å²) in [7, 11) is 0. The summed E-state index contributed by atoms with van der Waals surface area (Å²) in [4.78, 5) is 13.8. The number of nitrogens with zero attached hydrogens (tertiary/aromatic N) is 1. The molecule has 0 amide bonds. The zero-order valence-corrected chi connectivity index (χ0v) is 11.0. The van der Waals surface area contributed by atoms with E-state index in [1.165, 1.54) is 0 Å². The minimum absolute atomic E-state index is 0.302. The van der Waals surface area contributed by atoms with E-state index in [-0.39, 0.29) is 0 Å². The third-order valence-electron chi connectivity index (χ3n) is 3.56. The molecule has 0 saturated heterocycles. The minimum Gasteiger partial charge on any atom is -0.480 e. The molecular formula is C13H25NO2. The summed E-state index contributed by atoms with van der Waals surface area (Å²) in [6, 6.07) is 0.302. The van der Waals surface area contributed by atoms with Gasteiger partial charge in [-0.2, -0.15) is 0 Å². The topological polar surface area (TPSA) is 40.5 Å². The Hall–Kier alpha value is -0.570. The van der Waals surface area contributed by atoms with Gasteiger partial charge in [0.25, 0.3) is 0 Å². The van der Waals surface area contributed by atoms with Gasteiger partial charge in [-0.15, -0.1) is 0 Å². The van der Waals surface area contributed by atoms with E-state index in [2.05, 4.69) is 32.6 Å². The second-order valence-electron chi connectivity index (χ2n) is 5.68. The lowest BCUT2D eigenvalue weighted by molar-refractivity contribution is -0.153. The monoisotopic (exact) mass is 227 g/mol. The Labute approximate surface area is 98.8 Å². The summed E-state index contributed by atoms with van der Waals surface area (Å²) in [5.74, 6) is -0.112. The molecule has 16 heavy (non-hydrogen) atoms. The van der Waals surface area contributed by atoms with Gasteiger partial charge in [0.05, 0.1) is 0 Å². The molecule has 0 bridgehead atoms. The van der Waals surface area contributed by atoms with Crippen LogP contribution in [-0.2, 0) is 4.79 Å². The fraction of sp³-hybridized carbons (Fsp3) is 0.923. The van der Waals surface area contributed by atoms with Gasteiger partial charge >= 0.3 is 5.97 Å². The SMILES string of the molecule is CC(C)CN(C(C)C)C1(C(=O)O)CCCC1. The fourth-order valence-corrected chi connectivity index (χ4v) is 2.86. The van der Waals surface area contributed by atoms with E-state index in [1.807, 2.05) is 0 Å². The van der Waals surface area contributed by atoms with Gasteiger partial charge in [-0.05, 0) is 32.6 Å². The van der Waals surface area contributed by atoms with E-state index in [0.29, 0.717) is 12.0 Å². The van der Waals surface area contributed by atoms with Gasteiger partial charge in [0, 0.05) is 12.6 Å². The third kappa shape index (κ3) is 2.57. The van der Waals surface area contributed by atoms with Gasteiger partial charge in [-0.1, -0.05) is 26.7 Å². The molecule has 0 spiro atoms. The van der Waals surface area contributed by atoms with Gasteiger partial charge in [0.1, 0.15) is 5.54 Å². The first-order valence-corrected chi connectivity index (χ1v) is 6.40. The first kappa shape index (κ1) is 13.5. The minimum atomic E-state index is -0.626. The molecule has 1 fully saturated rings. The van der Waals surface area contributed by atoms with E-state index < -0.39 is 11.5 Å². The molecule has 94 valence electrons. The molecule has 0 aromatic heterocycles. The number of carboxylic acid groups (broad SMARTS) is 1. The van der Waals surface area contributed by atoms with Crippen molar-refractivity contribution in [2.75, 3.05) is 6.54 Å². The average Bonchev–Trinajstić information content (AvgIpc) is 2.63. The van der Waals surface area contributed by atoms with Gasteiger partial charge < -0.3 is 5.11 Å². The molecule has 0 heterocycles. The van der Waals surface area contributed by atoms with Crippen LogP contribution in [0.5, 0.6) is 0 Å². The fourth-order valence-electron chi connectivity index (χ4n) is 2.86. The largest absolute Gasteiger partial charge is 0.480 e. The van der Waals surface area contributed by atoms with E-state index in [1.54, 1.807) is 0 Å². The number of rotatable bonds is 5. The summed E-state index contributed by atoms with van der Waals surface area (Å²) < 4.78 is 0. The van der Waals surface area contributed by atoms with Crippen LogP contribution in [0.1, 0.15) is 53.4 Å². The molecule has 0 atom stereocenters. The highest BCUT2D eigenvalue weighted by Gasteiger charge is 2.47. The maximum absolute atomic E-state index is 11.6. The Morgan fingerprint density at radius 3 is 2.06 bits per heavy atom. The number of carbonyl (C=O) groups is 1. The summed E-state index contributed by atoms with van der Waals surface area (Å²) in [5, 5.41) is 9.55. The molecule has 1 rings (SSSR count). The first-order valence-electron chi connectivity index (χ1n) is 6.40. The second kappa shape index (κ2) is 5.17. The standard InChI is InChI=1S/C13H25NO2/c1-10(2)9-14(11(3)4)13(12(15)16)7-5-6-8-13/h10-11H,5-9H2,1-4H3,(H,15,16). The summed E-state index contributed by atoms with van der Waals surface area (Å²) in [6.07, 6.45) is 3.72. The molecule has 1 saturated carbocycles. The lowest BCUT2D eigenvalue weighted by Gasteiger charge is -2.41. The van der Waals surface area contributed by atoms with Crippen LogP contribution in [0, 0.1) is 5.92 Å². The molecule has 0 aromatic carbocycles. The molecular weight excluding hydrogens is 202 g/mol. The third-order valence-corrected chi connectivity index (χ3v) is 3.56. The Morgan fingerprint density at radius 2 is 1.75 bits per heavy atom. The first-order chi connectivity index (χ1) is 7.40. The highest BCUT2D eigenvalue weighted by Crippen LogP contribution is 2.37. The molecule has 0 aromatic rings. The number of hydrogen-bond acceptors (Lipinski definition) is 2. The lowest BCUT2D eigenvalue weighted by atomic mass is 9.92. The predicted octanol–water partition coefficient (Wildman–Crippen LogP) is 2.75. The highest BCUT2D eigenvalue weighted by molar-refractivity contribution is 5.79. The van der Waals surface area contributed by atoms with Gasteiger partial charge in [-0.3, -0.25) is 9.69 Å². The predicted molar refractivity (Wildman–Crippen MR) is 65.5 cm³/mol. The molecule has 1 N–H and O–H groups in total. The number of carboxylic acids is 1. The van der Waals surface area contributed by atoms with Crippen LogP contribution in [0.2, 0.25) is 0 Å². The van der Waals surface area contributed by atoms with Crippen molar-refractivity contribution in [1.82, 2.24) is 4.90 Å². The van der Waals surface area contributed by atoms with Crippen molar-refractivity contribution in [1.29, 1.82) is 0 Å². The second-order valence-corrected chi connectivity index (χ2v) is 5.68. The molecule has 1 aliphatic carbocycles. The van der Waals surface area contributed by atoms with Crippen LogP contribution >= 0.6 is 0 Å². The Bertz CT molecular complexity index is 242. The van der Waals surface area contributed by atoms with Crippen molar-refractivity contribution in [2.24, 2.45) is 5.92 Å². The van der Waals surface area contributed by atoms with E-state index in [4.69, 9.17) is 0 Å². The maximum atomic E-state index is 11.6. The molecule has 3 heteroatoms. The highest BCUT2D eigenvalue weighted by atomic mass is 16.4. The van der Waals surface area contributed by atoms with Crippen LogP contribution in [0.25, 0.3) is 0 Å². The summed E-state index contributed by atoms with van der Waals surface area (Å²) in [5.41, 5.74) is -0.585. The van der Waals surface area contributed by atoms with Crippen molar-refractivity contribution >= 4 is 5.97 Å². The van der Waals surface area contributed by atoms with E-state index >= 15 is 0 Å². The lowest BCUT2D eigenvalue weighted by Crippen LogP contribution is -2.56. The van der Waals surface area contributed by atoms with E-state index in [0.717, 1.165) is 32.2 Å². The van der Waals surface area contributed by atoms with Crippen molar-refractivity contribution in [3.05, 3.63) is 0 Å². The van der Waals surface area contributed by atoms with Gasteiger partial charge in [-0.25, -0.2) is 0 Å². The van der Waals surface area contributed by atoms with Crippen LogP contribution < -0.4 is 0 Å². The van der Waals surface area contributed by atoms with Crippen molar-refractivity contribution < 1.29 is 9.90 Å². The number of hydrogen-bond donors (Lipinski definition) is 1. The number of aliphatic carboxylic acids is 1. The molecule has 0 aliphatic heterocycles.